The van der Waals surface area contributed by atoms with E-state index in [2.05, 4.69) is 20.5 Å². The Bertz CT molecular complexity index is 1000. The van der Waals surface area contributed by atoms with E-state index in [-0.39, 0.29) is 18.2 Å². The van der Waals surface area contributed by atoms with Crippen LogP contribution in [0.25, 0.3) is 0 Å². The van der Waals surface area contributed by atoms with Crippen LogP contribution >= 0.6 is 0 Å². The summed E-state index contributed by atoms with van der Waals surface area (Å²) in [7, 11) is 0. The molecule has 158 valence electrons. The molecule has 1 fully saturated rings. The molecule has 2 amide bonds. The first kappa shape index (κ1) is 20.6. The van der Waals surface area contributed by atoms with Crippen LogP contribution in [0.1, 0.15) is 41.2 Å². The van der Waals surface area contributed by atoms with Crippen LogP contribution in [0.4, 0.5) is 11.5 Å². The van der Waals surface area contributed by atoms with Crippen molar-refractivity contribution in [3.8, 4) is 0 Å². The molecule has 2 N–H and O–H groups in total. The van der Waals surface area contributed by atoms with E-state index in [4.69, 9.17) is 0 Å². The Morgan fingerprint density at radius 3 is 2.23 bits per heavy atom. The highest BCUT2D eigenvalue weighted by Crippen LogP contribution is 2.21. The van der Waals surface area contributed by atoms with E-state index in [9.17, 15) is 9.59 Å². The largest absolute Gasteiger partial charge is 0.357 e. The summed E-state index contributed by atoms with van der Waals surface area (Å²) in [6, 6.07) is 21.9. The van der Waals surface area contributed by atoms with Crippen molar-refractivity contribution in [2.45, 2.75) is 25.3 Å². The number of anilines is 2. The number of nitrogens with one attached hydrogen (secondary N) is 2. The van der Waals surface area contributed by atoms with Gasteiger partial charge < -0.3 is 15.5 Å². The fraction of sp³-hybridized carbons (Fsp3) is 0.240. The summed E-state index contributed by atoms with van der Waals surface area (Å²) in [5.41, 5.74) is 2.09. The Balaban J connectivity index is 1.42. The minimum absolute atomic E-state index is 0.121. The van der Waals surface area contributed by atoms with Crippen molar-refractivity contribution in [3.63, 3.8) is 0 Å². The van der Waals surface area contributed by atoms with Gasteiger partial charge in [-0.25, -0.2) is 4.98 Å². The molecule has 0 aliphatic carbocycles. The van der Waals surface area contributed by atoms with Gasteiger partial charge in [0.05, 0.1) is 24.3 Å². The molecule has 0 spiro atoms. The quantitative estimate of drug-likeness (QED) is 0.608. The van der Waals surface area contributed by atoms with Crippen molar-refractivity contribution in [3.05, 3.63) is 90.1 Å². The molecule has 1 unspecified atom stereocenters. The van der Waals surface area contributed by atoms with E-state index < -0.39 is 6.04 Å². The van der Waals surface area contributed by atoms with Crippen LogP contribution in [-0.2, 0) is 4.79 Å². The molecule has 6 nitrogen and oxygen atoms in total. The maximum atomic E-state index is 12.8. The van der Waals surface area contributed by atoms with E-state index in [0.717, 1.165) is 24.5 Å². The maximum Gasteiger partial charge on any atom is 0.251 e. The highest BCUT2D eigenvalue weighted by molar-refractivity contribution is 5.95. The summed E-state index contributed by atoms with van der Waals surface area (Å²) in [5.74, 6) is 0.546. The summed E-state index contributed by atoms with van der Waals surface area (Å²) in [5, 5.41) is 5.89. The van der Waals surface area contributed by atoms with Crippen molar-refractivity contribution in [1.29, 1.82) is 0 Å². The van der Waals surface area contributed by atoms with Crippen molar-refractivity contribution in [1.82, 2.24) is 10.3 Å². The SMILES string of the molecule is O=C(CC(NC(=O)c1ccccc1)c1ccccc1)Nc1ccc(N2CCCC2)nc1. The third-order valence-electron chi connectivity index (χ3n) is 5.39. The van der Waals surface area contributed by atoms with Crippen LogP contribution in [0.3, 0.4) is 0 Å². The third kappa shape index (κ3) is 5.48. The summed E-state index contributed by atoms with van der Waals surface area (Å²) in [4.78, 5) is 32.2. The predicted molar refractivity (Wildman–Crippen MR) is 122 cm³/mol. The van der Waals surface area contributed by atoms with Gasteiger partial charge in [-0.05, 0) is 42.7 Å². The molecule has 4 rings (SSSR count). The molecule has 0 radical (unpaired) electrons. The van der Waals surface area contributed by atoms with Crippen LogP contribution in [0.2, 0.25) is 0 Å². The highest BCUT2D eigenvalue weighted by atomic mass is 16.2. The van der Waals surface area contributed by atoms with Gasteiger partial charge in [-0.2, -0.15) is 0 Å². The summed E-state index contributed by atoms with van der Waals surface area (Å²) >= 11 is 0. The van der Waals surface area contributed by atoms with Gasteiger partial charge in [-0.3, -0.25) is 9.59 Å². The molecule has 1 aliphatic heterocycles. The van der Waals surface area contributed by atoms with E-state index in [1.807, 2.05) is 60.7 Å². The lowest BCUT2D eigenvalue weighted by atomic mass is 10.0. The first-order valence-electron chi connectivity index (χ1n) is 10.6. The van der Waals surface area contributed by atoms with Gasteiger partial charge in [0.1, 0.15) is 5.82 Å². The first-order chi connectivity index (χ1) is 15.2. The maximum absolute atomic E-state index is 12.8. The molecule has 31 heavy (non-hydrogen) atoms. The van der Waals surface area contributed by atoms with Gasteiger partial charge in [0.2, 0.25) is 5.91 Å². The minimum Gasteiger partial charge on any atom is -0.357 e. The summed E-state index contributed by atoms with van der Waals surface area (Å²) in [6.45, 7) is 2.05. The van der Waals surface area contributed by atoms with E-state index >= 15 is 0 Å². The van der Waals surface area contributed by atoms with Crippen LogP contribution in [0.15, 0.2) is 79.0 Å². The van der Waals surface area contributed by atoms with E-state index in [1.165, 1.54) is 12.8 Å². The van der Waals surface area contributed by atoms with Crippen molar-refractivity contribution < 1.29 is 9.59 Å². The molecule has 1 atom stereocenters. The van der Waals surface area contributed by atoms with Crippen LogP contribution in [-0.4, -0.2) is 29.9 Å². The molecule has 1 saturated heterocycles. The Morgan fingerprint density at radius 2 is 1.58 bits per heavy atom. The van der Waals surface area contributed by atoms with Gasteiger partial charge >= 0.3 is 0 Å². The number of benzene rings is 2. The molecule has 0 bridgehead atoms. The van der Waals surface area contributed by atoms with Crippen molar-refractivity contribution in [2.75, 3.05) is 23.3 Å². The number of pyridine rings is 1. The summed E-state index contributed by atoms with van der Waals surface area (Å²) < 4.78 is 0. The second-order valence-electron chi connectivity index (χ2n) is 7.65. The Hall–Kier alpha value is -3.67. The molecule has 0 saturated carbocycles. The van der Waals surface area contributed by atoms with Gasteiger partial charge in [0.15, 0.2) is 0 Å². The number of hydrogen-bond donors (Lipinski definition) is 2. The fourth-order valence-electron chi connectivity index (χ4n) is 3.76. The second-order valence-corrected chi connectivity index (χ2v) is 7.65. The molecule has 2 heterocycles. The molecular formula is C25H26N4O2. The monoisotopic (exact) mass is 414 g/mol. The number of carbonyl (C=O) groups is 2. The second kappa shape index (κ2) is 9.89. The zero-order chi connectivity index (χ0) is 21.5. The number of rotatable bonds is 7. The smallest absolute Gasteiger partial charge is 0.251 e. The van der Waals surface area contributed by atoms with E-state index in [1.54, 1.807) is 18.3 Å². The first-order valence-corrected chi connectivity index (χ1v) is 10.6. The Labute approximate surface area is 182 Å². The number of nitrogens with zero attached hydrogens (tertiary/aromatic N) is 2. The zero-order valence-corrected chi connectivity index (χ0v) is 17.3. The third-order valence-corrected chi connectivity index (χ3v) is 5.39. The average Bonchev–Trinajstić information content (AvgIpc) is 3.35. The standard InChI is InChI=1S/C25H26N4O2/c30-24(27-21-13-14-23(26-18-21)29-15-7-8-16-29)17-22(19-9-3-1-4-10-19)28-25(31)20-11-5-2-6-12-20/h1-6,9-14,18,22H,7-8,15-17H2,(H,27,30)(H,28,31). The molecule has 2 aromatic carbocycles. The minimum atomic E-state index is -0.439. The van der Waals surface area contributed by atoms with Crippen molar-refractivity contribution in [2.24, 2.45) is 0 Å². The number of aromatic nitrogens is 1. The molecular weight excluding hydrogens is 388 g/mol. The van der Waals surface area contributed by atoms with Crippen molar-refractivity contribution >= 4 is 23.3 Å². The molecule has 1 aliphatic rings. The summed E-state index contributed by atoms with van der Waals surface area (Å²) in [6.07, 6.45) is 4.19. The van der Waals surface area contributed by atoms with Crippen LogP contribution in [0.5, 0.6) is 0 Å². The number of carbonyl (C=O) groups excluding carboxylic acids is 2. The van der Waals surface area contributed by atoms with Crippen LogP contribution < -0.4 is 15.5 Å². The Morgan fingerprint density at radius 1 is 0.903 bits per heavy atom. The van der Waals surface area contributed by atoms with Gasteiger partial charge in [0.25, 0.3) is 5.91 Å². The lowest BCUT2D eigenvalue weighted by Crippen LogP contribution is -2.31. The molecule has 3 aromatic rings. The zero-order valence-electron chi connectivity index (χ0n) is 17.3. The van der Waals surface area contributed by atoms with E-state index in [0.29, 0.717) is 11.3 Å². The van der Waals surface area contributed by atoms with Crippen LogP contribution in [0, 0.1) is 0 Å². The topological polar surface area (TPSA) is 74.3 Å². The fourth-order valence-corrected chi connectivity index (χ4v) is 3.76. The predicted octanol–water partition coefficient (Wildman–Crippen LogP) is 4.18. The molecule has 6 heteroatoms. The number of amides is 2. The van der Waals surface area contributed by atoms with Gasteiger partial charge in [0, 0.05) is 18.7 Å². The lowest BCUT2D eigenvalue weighted by Gasteiger charge is -2.19. The number of hydrogen-bond acceptors (Lipinski definition) is 4. The van der Waals surface area contributed by atoms with Gasteiger partial charge in [-0.1, -0.05) is 48.5 Å². The normalized spacial score (nSPS) is 14.1. The Kier molecular flexibility index (Phi) is 6.57. The highest BCUT2D eigenvalue weighted by Gasteiger charge is 2.20. The molecule has 1 aromatic heterocycles. The lowest BCUT2D eigenvalue weighted by molar-refractivity contribution is -0.116. The van der Waals surface area contributed by atoms with Gasteiger partial charge in [-0.15, -0.1) is 0 Å². The average molecular weight is 415 g/mol.